The molecule has 19 heavy (non-hydrogen) atoms. The van der Waals surface area contributed by atoms with Crippen LogP contribution in [-0.4, -0.2) is 14.5 Å². The van der Waals surface area contributed by atoms with E-state index in [4.69, 9.17) is 5.73 Å². The zero-order valence-electron chi connectivity index (χ0n) is 10.5. The Bertz CT molecular complexity index is 588. The molecule has 1 aliphatic carbocycles. The van der Waals surface area contributed by atoms with Crippen LogP contribution in [-0.2, 0) is 10.0 Å². The molecule has 4 nitrogen and oxygen atoms in total. The van der Waals surface area contributed by atoms with Gasteiger partial charge in [0, 0.05) is 6.04 Å². The summed E-state index contributed by atoms with van der Waals surface area (Å²) in [6, 6.07) is 2.06. The first-order valence-electron chi connectivity index (χ1n) is 6.08. The van der Waals surface area contributed by atoms with Crippen LogP contribution in [0.1, 0.15) is 26.2 Å². The molecule has 0 bridgehead atoms. The molecule has 1 aromatic carbocycles. The van der Waals surface area contributed by atoms with E-state index in [0.717, 1.165) is 25.3 Å². The highest BCUT2D eigenvalue weighted by atomic mass is 79.9. The lowest BCUT2D eigenvalue weighted by molar-refractivity contribution is 0.260. The number of halogens is 2. The first-order chi connectivity index (χ1) is 8.81. The van der Waals surface area contributed by atoms with Crippen LogP contribution in [0.2, 0.25) is 0 Å². The summed E-state index contributed by atoms with van der Waals surface area (Å²) in [5.74, 6) is -0.205. The smallest absolute Gasteiger partial charge is 0.242 e. The SMILES string of the molecule is CC(NS(=O)(=O)c1cc(Br)c(F)cc1N)C1CCC1. The number of nitrogen functional groups attached to an aromatic ring is 1. The van der Waals surface area contributed by atoms with Gasteiger partial charge in [0.1, 0.15) is 10.7 Å². The minimum atomic E-state index is -3.72. The van der Waals surface area contributed by atoms with E-state index in [0.29, 0.717) is 5.92 Å². The first-order valence-corrected chi connectivity index (χ1v) is 8.35. The number of anilines is 1. The van der Waals surface area contributed by atoms with Crippen LogP contribution in [0.15, 0.2) is 21.5 Å². The Labute approximate surface area is 120 Å². The van der Waals surface area contributed by atoms with Gasteiger partial charge in [-0.25, -0.2) is 17.5 Å². The number of benzene rings is 1. The van der Waals surface area contributed by atoms with Crippen molar-refractivity contribution in [2.75, 3.05) is 5.73 Å². The molecule has 0 spiro atoms. The largest absolute Gasteiger partial charge is 0.398 e. The van der Waals surface area contributed by atoms with Crippen molar-refractivity contribution in [3.63, 3.8) is 0 Å². The summed E-state index contributed by atoms with van der Waals surface area (Å²) >= 11 is 2.97. The zero-order valence-corrected chi connectivity index (χ0v) is 12.9. The van der Waals surface area contributed by atoms with Gasteiger partial charge in [0.2, 0.25) is 10.0 Å². The molecule has 1 unspecified atom stereocenters. The molecule has 1 aliphatic rings. The topological polar surface area (TPSA) is 72.2 Å². The van der Waals surface area contributed by atoms with Gasteiger partial charge in [-0.15, -0.1) is 0 Å². The average Bonchev–Trinajstić information content (AvgIpc) is 2.19. The van der Waals surface area contributed by atoms with Crippen LogP contribution in [0.4, 0.5) is 10.1 Å². The van der Waals surface area contributed by atoms with Gasteiger partial charge >= 0.3 is 0 Å². The Hall–Kier alpha value is -0.660. The van der Waals surface area contributed by atoms with Crippen molar-refractivity contribution in [3.8, 4) is 0 Å². The Balaban J connectivity index is 2.26. The third-order valence-electron chi connectivity index (χ3n) is 3.54. The summed E-state index contributed by atoms with van der Waals surface area (Å²) in [5, 5.41) is 0. The summed E-state index contributed by atoms with van der Waals surface area (Å²) in [4.78, 5) is -0.0908. The van der Waals surface area contributed by atoms with Gasteiger partial charge in [0.25, 0.3) is 0 Å². The van der Waals surface area contributed by atoms with Crippen molar-refractivity contribution < 1.29 is 12.8 Å². The number of hydrogen-bond donors (Lipinski definition) is 2. The number of nitrogens with one attached hydrogen (secondary N) is 1. The number of sulfonamides is 1. The molecule has 0 radical (unpaired) electrons. The number of nitrogens with two attached hydrogens (primary N) is 1. The Kier molecular flexibility index (Phi) is 4.17. The van der Waals surface area contributed by atoms with Crippen LogP contribution in [0.25, 0.3) is 0 Å². The lowest BCUT2D eigenvalue weighted by Gasteiger charge is -2.31. The van der Waals surface area contributed by atoms with Gasteiger partial charge in [-0.2, -0.15) is 0 Å². The molecular formula is C12H16BrFN2O2S. The van der Waals surface area contributed by atoms with Gasteiger partial charge in [0.05, 0.1) is 10.2 Å². The Morgan fingerprint density at radius 1 is 1.47 bits per heavy atom. The molecule has 1 saturated carbocycles. The molecule has 7 heteroatoms. The van der Waals surface area contributed by atoms with Crippen LogP contribution in [0.3, 0.4) is 0 Å². The molecule has 1 aromatic rings. The van der Waals surface area contributed by atoms with Crippen LogP contribution in [0.5, 0.6) is 0 Å². The highest BCUT2D eigenvalue weighted by molar-refractivity contribution is 9.10. The van der Waals surface area contributed by atoms with E-state index in [2.05, 4.69) is 20.7 Å². The van der Waals surface area contributed by atoms with E-state index in [1.54, 1.807) is 0 Å². The number of rotatable bonds is 4. The number of hydrogen-bond acceptors (Lipinski definition) is 3. The van der Waals surface area contributed by atoms with Gasteiger partial charge in [-0.3, -0.25) is 0 Å². The van der Waals surface area contributed by atoms with Gasteiger partial charge < -0.3 is 5.73 Å². The molecular weight excluding hydrogens is 335 g/mol. The predicted octanol–water partition coefficient (Wildman–Crippen LogP) is 2.64. The van der Waals surface area contributed by atoms with E-state index in [9.17, 15) is 12.8 Å². The van der Waals surface area contributed by atoms with E-state index in [1.165, 1.54) is 6.07 Å². The molecule has 3 N–H and O–H groups in total. The second-order valence-electron chi connectivity index (χ2n) is 4.91. The molecule has 1 atom stereocenters. The minimum absolute atomic E-state index is 0.0818. The lowest BCUT2D eigenvalue weighted by Crippen LogP contribution is -2.40. The highest BCUT2D eigenvalue weighted by Gasteiger charge is 2.29. The fourth-order valence-corrected chi connectivity index (χ4v) is 4.07. The third-order valence-corrected chi connectivity index (χ3v) is 5.76. The Morgan fingerprint density at radius 2 is 2.11 bits per heavy atom. The van der Waals surface area contributed by atoms with Gasteiger partial charge in [-0.1, -0.05) is 6.42 Å². The maximum absolute atomic E-state index is 13.3. The summed E-state index contributed by atoms with van der Waals surface area (Å²) in [7, 11) is -3.72. The lowest BCUT2D eigenvalue weighted by atomic mass is 9.81. The van der Waals surface area contributed by atoms with E-state index in [-0.39, 0.29) is 21.1 Å². The van der Waals surface area contributed by atoms with Crippen LogP contribution in [0, 0.1) is 11.7 Å². The van der Waals surface area contributed by atoms with Gasteiger partial charge in [-0.05, 0) is 53.7 Å². The van der Waals surface area contributed by atoms with E-state index < -0.39 is 15.8 Å². The maximum atomic E-state index is 13.3. The van der Waals surface area contributed by atoms with Gasteiger partial charge in [0.15, 0.2) is 0 Å². The van der Waals surface area contributed by atoms with Crippen molar-refractivity contribution in [3.05, 3.63) is 22.4 Å². The summed E-state index contributed by atoms with van der Waals surface area (Å²) < 4.78 is 40.4. The van der Waals surface area contributed by atoms with Crippen molar-refractivity contribution in [2.24, 2.45) is 5.92 Å². The molecule has 0 amide bonds. The highest BCUT2D eigenvalue weighted by Crippen LogP contribution is 2.31. The average molecular weight is 351 g/mol. The van der Waals surface area contributed by atoms with Crippen molar-refractivity contribution >= 4 is 31.6 Å². The fourth-order valence-electron chi connectivity index (χ4n) is 2.12. The van der Waals surface area contributed by atoms with Crippen LogP contribution < -0.4 is 10.5 Å². The summed E-state index contributed by atoms with van der Waals surface area (Å²) in [6.07, 6.45) is 3.21. The maximum Gasteiger partial charge on any atom is 0.242 e. The zero-order chi connectivity index (χ0) is 14.2. The molecule has 2 rings (SSSR count). The molecule has 0 saturated heterocycles. The quantitative estimate of drug-likeness (QED) is 0.820. The van der Waals surface area contributed by atoms with Crippen molar-refractivity contribution in [1.29, 1.82) is 0 Å². The van der Waals surface area contributed by atoms with E-state index in [1.807, 2.05) is 6.92 Å². The fraction of sp³-hybridized carbons (Fsp3) is 0.500. The second-order valence-corrected chi connectivity index (χ2v) is 7.44. The van der Waals surface area contributed by atoms with Crippen molar-refractivity contribution in [1.82, 2.24) is 4.72 Å². The minimum Gasteiger partial charge on any atom is -0.398 e. The Morgan fingerprint density at radius 3 is 2.63 bits per heavy atom. The molecule has 0 aliphatic heterocycles. The molecule has 106 valence electrons. The standard InChI is InChI=1S/C12H16BrFN2O2S/c1-7(8-3-2-4-8)16-19(17,18)12-5-9(13)10(14)6-11(12)15/h5-8,16H,2-4,15H2,1H3. The third kappa shape index (κ3) is 3.09. The molecule has 0 aromatic heterocycles. The molecule has 0 heterocycles. The predicted molar refractivity (Wildman–Crippen MR) is 75.6 cm³/mol. The normalized spacial score (nSPS) is 18.1. The first kappa shape index (κ1) is 14.7. The molecule has 1 fully saturated rings. The van der Waals surface area contributed by atoms with Crippen LogP contribution >= 0.6 is 15.9 Å². The summed E-state index contributed by atoms with van der Waals surface area (Å²) in [6.45, 7) is 1.84. The second kappa shape index (κ2) is 5.38. The monoisotopic (exact) mass is 350 g/mol. The van der Waals surface area contributed by atoms with Crippen molar-refractivity contribution in [2.45, 2.75) is 37.1 Å². The van der Waals surface area contributed by atoms with E-state index >= 15 is 0 Å². The summed E-state index contributed by atoms with van der Waals surface area (Å²) in [5.41, 5.74) is 5.51.